The maximum absolute atomic E-state index is 11.3. The van der Waals surface area contributed by atoms with Crippen LogP contribution in [0.1, 0.15) is 12.5 Å². The summed E-state index contributed by atoms with van der Waals surface area (Å²) in [5.41, 5.74) is 1.99. The molecule has 0 amide bonds. The summed E-state index contributed by atoms with van der Waals surface area (Å²) in [5, 5.41) is 16.7. The van der Waals surface area contributed by atoms with Crippen LogP contribution in [0.3, 0.4) is 0 Å². The van der Waals surface area contributed by atoms with Gasteiger partial charge in [0.2, 0.25) is 5.82 Å². The summed E-state index contributed by atoms with van der Waals surface area (Å²) in [7, 11) is 1.79. The van der Waals surface area contributed by atoms with E-state index in [9.17, 15) is 4.79 Å². The molecule has 0 saturated heterocycles. The molecular weight excluding hydrogens is 230 g/mol. The number of carbonyl (C=O) groups is 1. The van der Waals surface area contributed by atoms with E-state index in [2.05, 4.69) is 25.9 Å². The number of aromatic nitrogens is 4. The highest BCUT2D eigenvalue weighted by Gasteiger charge is 2.12. The van der Waals surface area contributed by atoms with Crippen molar-refractivity contribution < 1.29 is 4.79 Å². The van der Waals surface area contributed by atoms with Crippen molar-refractivity contribution in [3.8, 4) is 11.4 Å². The summed E-state index contributed by atoms with van der Waals surface area (Å²) in [6, 6.07) is 7.65. The van der Waals surface area contributed by atoms with Gasteiger partial charge in [-0.05, 0) is 31.2 Å². The van der Waals surface area contributed by atoms with Gasteiger partial charge in [-0.3, -0.25) is 4.79 Å². The number of nitrogens with one attached hydrogen (secondary N) is 2. The topological polar surface area (TPSA) is 83.6 Å². The van der Waals surface area contributed by atoms with Gasteiger partial charge in [0.25, 0.3) is 0 Å². The summed E-state index contributed by atoms with van der Waals surface area (Å²) in [4.78, 5) is 11.3. The van der Waals surface area contributed by atoms with Crippen LogP contribution in [0.15, 0.2) is 24.3 Å². The maximum atomic E-state index is 11.3. The zero-order chi connectivity index (χ0) is 13.0. The number of carbonyl (C=O) groups excluding carboxylic acids is 1. The average molecular weight is 245 g/mol. The predicted octanol–water partition coefficient (Wildman–Crippen LogP) is 0.586. The van der Waals surface area contributed by atoms with Gasteiger partial charge in [-0.15, -0.1) is 10.2 Å². The maximum Gasteiger partial charge on any atom is 0.204 e. The molecule has 1 atom stereocenters. The van der Waals surface area contributed by atoms with E-state index in [-0.39, 0.29) is 11.8 Å². The van der Waals surface area contributed by atoms with E-state index in [0.717, 1.165) is 11.1 Å². The minimum Gasteiger partial charge on any atom is -0.310 e. The van der Waals surface area contributed by atoms with Gasteiger partial charge in [-0.1, -0.05) is 24.3 Å². The molecule has 1 aromatic carbocycles. The zero-order valence-electron chi connectivity index (χ0n) is 10.3. The minimum atomic E-state index is -0.138. The Bertz CT molecular complexity index is 506. The van der Waals surface area contributed by atoms with Crippen LogP contribution in [0.4, 0.5) is 0 Å². The first-order chi connectivity index (χ1) is 8.70. The SMILES string of the molecule is CNC(Cc1ccc(-c2nn[nH]n2)cc1)C(C)=O. The standard InChI is InChI=1S/C12H15N5O/c1-8(18)11(13-2)7-9-3-5-10(6-4-9)12-14-16-17-15-12/h3-6,11,13H,7H2,1-2H3,(H,14,15,16,17). The number of hydrogen-bond acceptors (Lipinski definition) is 5. The Morgan fingerprint density at radius 2 is 2.11 bits per heavy atom. The first-order valence-corrected chi connectivity index (χ1v) is 5.71. The predicted molar refractivity (Wildman–Crippen MR) is 66.8 cm³/mol. The van der Waals surface area contributed by atoms with Crippen molar-refractivity contribution in [2.45, 2.75) is 19.4 Å². The lowest BCUT2D eigenvalue weighted by Gasteiger charge is -2.12. The van der Waals surface area contributed by atoms with Gasteiger partial charge in [-0.2, -0.15) is 5.21 Å². The van der Waals surface area contributed by atoms with Crippen LogP contribution in [-0.4, -0.2) is 39.5 Å². The molecule has 0 bridgehead atoms. The molecule has 0 aliphatic carbocycles. The van der Waals surface area contributed by atoms with Gasteiger partial charge in [-0.25, -0.2) is 0 Å². The highest BCUT2D eigenvalue weighted by atomic mass is 16.1. The normalized spacial score (nSPS) is 12.3. The molecule has 2 rings (SSSR count). The van der Waals surface area contributed by atoms with Crippen molar-refractivity contribution >= 4 is 5.78 Å². The van der Waals surface area contributed by atoms with Gasteiger partial charge < -0.3 is 5.32 Å². The molecular formula is C12H15N5O. The Morgan fingerprint density at radius 1 is 1.39 bits per heavy atom. The first-order valence-electron chi connectivity index (χ1n) is 5.71. The van der Waals surface area contributed by atoms with Crippen molar-refractivity contribution in [1.82, 2.24) is 25.9 Å². The molecule has 2 N–H and O–H groups in total. The van der Waals surface area contributed by atoms with Crippen LogP contribution < -0.4 is 5.32 Å². The highest BCUT2D eigenvalue weighted by Crippen LogP contribution is 2.14. The average Bonchev–Trinajstić information content (AvgIpc) is 2.90. The third kappa shape index (κ3) is 2.78. The van der Waals surface area contributed by atoms with Crippen LogP contribution in [0, 0.1) is 0 Å². The van der Waals surface area contributed by atoms with Crippen molar-refractivity contribution in [1.29, 1.82) is 0 Å². The van der Waals surface area contributed by atoms with Crippen LogP contribution in [-0.2, 0) is 11.2 Å². The van der Waals surface area contributed by atoms with E-state index in [0.29, 0.717) is 12.2 Å². The summed E-state index contributed by atoms with van der Waals surface area (Å²) < 4.78 is 0. The number of likely N-dealkylation sites (N-methyl/N-ethyl adjacent to an activating group) is 1. The van der Waals surface area contributed by atoms with Crippen molar-refractivity contribution in [2.24, 2.45) is 0 Å². The second-order valence-electron chi connectivity index (χ2n) is 4.09. The lowest BCUT2D eigenvalue weighted by molar-refractivity contribution is -0.118. The van der Waals surface area contributed by atoms with Crippen LogP contribution in [0.5, 0.6) is 0 Å². The molecule has 6 heteroatoms. The van der Waals surface area contributed by atoms with Gasteiger partial charge >= 0.3 is 0 Å². The van der Waals surface area contributed by atoms with Crippen LogP contribution in [0.25, 0.3) is 11.4 Å². The van der Waals surface area contributed by atoms with E-state index in [1.807, 2.05) is 24.3 Å². The number of hydrogen-bond donors (Lipinski definition) is 2. The fraction of sp³-hybridized carbons (Fsp3) is 0.333. The lowest BCUT2D eigenvalue weighted by Crippen LogP contribution is -2.34. The van der Waals surface area contributed by atoms with Crippen molar-refractivity contribution in [3.05, 3.63) is 29.8 Å². The Kier molecular flexibility index (Phi) is 3.78. The van der Waals surface area contributed by atoms with Crippen LogP contribution in [0.2, 0.25) is 0 Å². The van der Waals surface area contributed by atoms with Gasteiger partial charge in [0.1, 0.15) is 5.78 Å². The van der Waals surface area contributed by atoms with Crippen LogP contribution >= 0.6 is 0 Å². The third-order valence-electron chi connectivity index (χ3n) is 2.84. The molecule has 0 radical (unpaired) electrons. The van der Waals surface area contributed by atoms with E-state index in [4.69, 9.17) is 0 Å². The molecule has 2 aromatic rings. The van der Waals surface area contributed by atoms with E-state index >= 15 is 0 Å². The highest BCUT2D eigenvalue weighted by molar-refractivity contribution is 5.81. The molecule has 1 aromatic heterocycles. The second kappa shape index (κ2) is 5.50. The Balaban J connectivity index is 2.10. The smallest absolute Gasteiger partial charge is 0.204 e. The minimum absolute atomic E-state index is 0.138. The van der Waals surface area contributed by atoms with Gasteiger partial charge in [0, 0.05) is 5.56 Å². The van der Waals surface area contributed by atoms with E-state index < -0.39 is 0 Å². The molecule has 6 nitrogen and oxygen atoms in total. The second-order valence-corrected chi connectivity index (χ2v) is 4.09. The number of Topliss-reactive ketones (excluding diaryl/α,β-unsaturated/α-hetero) is 1. The van der Waals surface area contributed by atoms with Crippen molar-refractivity contribution in [2.75, 3.05) is 7.05 Å². The van der Waals surface area contributed by atoms with Crippen molar-refractivity contribution in [3.63, 3.8) is 0 Å². The number of ketones is 1. The first kappa shape index (κ1) is 12.4. The molecule has 0 aliphatic heterocycles. The quantitative estimate of drug-likeness (QED) is 0.805. The summed E-state index contributed by atoms with van der Waals surface area (Å²) in [6.45, 7) is 1.59. The molecule has 0 aliphatic rings. The Morgan fingerprint density at radius 3 is 2.61 bits per heavy atom. The van der Waals surface area contributed by atoms with Gasteiger partial charge in [0.05, 0.1) is 6.04 Å². The summed E-state index contributed by atoms with van der Waals surface area (Å²) in [5.74, 6) is 0.707. The zero-order valence-corrected chi connectivity index (χ0v) is 10.3. The fourth-order valence-corrected chi connectivity index (χ4v) is 1.76. The Labute approximate surface area is 105 Å². The molecule has 18 heavy (non-hydrogen) atoms. The molecule has 0 saturated carbocycles. The molecule has 1 heterocycles. The molecule has 1 unspecified atom stereocenters. The molecule has 0 spiro atoms. The molecule has 94 valence electrons. The summed E-state index contributed by atoms with van der Waals surface area (Å²) >= 11 is 0. The monoisotopic (exact) mass is 245 g/mol. The largest absolute Gasteiger partial charge is 0.310 e. The third-order valence-corrected chi connectivity index (χ3v) is 2.84. The number of tetrazole rings is 1. The number of nitrogens with zero attached hydrogens (tertiary/aromatic N) is 3. The number of aromatic amines is 1. The molecule has 0 fully saturated rings. The number of H-pyrrole nitrogens is 1. The van der Waals surface area contributed by atoms with Gasteiger partial charge in [0.15, 0.2) is 0 Å². The fourth-order valence-electron chi connectivity index (χ4n) is 1.76. The number of benzene rings is 1. The lowest BCUT2D eigenvalue weighted by atomic mass is 10.0. The summed E-state index contributed by atoms with van der Waals surface area (Å²) in [6.07, 6.45) is 0.679. The number of rotatable bonds is 5. The Hall–Kier alpha value is -2.08. The van der Waals surface area contributed by atoms with E-state index in [1.165, 1.54) is 0 Å². The van der Waals surface area contributed by atoms with E-state index in [1.54, 1.807) is 14.0 Å².